The zero-order valence-corrected chi connectivity index (χ0v) is 10.7. The topological polar surface area (TPSA) is 40.5 Å². The van der Waals surface area contributed by atoms with Crippen LogP contribution in [0.2, 0.25) is 0 Å². The fraction of sp³-hybridized carbons (Fsp3) is 0.357. The van der Waals surface area contributed by atoms with Gasteiger partial charge in [-0.3, -0.25) is 0 Å². The van der Waals surface area contributed by atoms with Crippen LogP contribution in [0.3, 0.4) is 0 Å². The molecule has 98 valence electrons. The number of aliphatic carboxylic acids is 1. The van der Waals surface area contributed by atoms with Crippen molar-refractivity contribution in [2.75, 3.05) is 13.6 Å². The summed E-state index contributed by atoms with van der Waals surface area (Å²) in [6.45, 7) is 3.55. The lowest BCUT2D eigenvalue weighted by Crippen LogP contribution is -2.19. The summed E-state index contributed by atoms with van der Waals surface area (Å²) in [4.78, 5) is 12.4. The SMILES string of the molecule is CCCN(C)Cc1ccc(/C=C/C(=O)O)cc1F. The Morgan fingerprint density at radius 2 is 2.22 bits per heavy atom. The third-order valence-corrected chi connectivity index (χ3v) is 2.54. The number of carboxylic acids is 1. The highest BCUT2D eigenvalue weighted by Gasteiger charge is 2.05. The van der Waals surface area contributed by atoms with E-state index >= 15 is 0 Å². The van der Waals surface area contributed by atoms with Gasteiger partial charge in [0.05, 0.1) is 0 Å². The maximum Gasteiger partial charge on any atom is 0.328 e. The van der Waals surface area contributed by atoms with Crippen LogP contribution in [0.15, 0.2) is 24.3 Å². The molecule has 1 aromatic rings. The number of halogens is 1. The van der Waals surface area contributed by atoms with Crippen LogP contribution in [0.25, 0.3) is 6.08 Å². The van der Waals surface area contributed by atoms with Crippen molar-refractivity contribution in [3.05, 3.63) is 41.2 Å². The summed E-state index contributed by atoms with van der Waals surface area (Å²) in [5, 5.41) is 8.49. The van der Waals surface area contributed by atoms with Crippen LogP contribution in [-0.4, -0.2) is 29.6 Å². The van der Waals surface area contributed by atoms with Crippen molar-refractivity contribution in [1.82, 2.24) is 4.90 Å². The Balaban J connectivity index is 2.76. The molecule has 4 heteroatoms. The largest absolute Gasteiger partial charge is 0.478 e. The summed E-state index contributed by atoms with van der Waals surface area (Å²) in [5.41, 5.74) is 1.18. The van der Waals surface area contributed by atoms with E-state index in [1.165, 1.54) is 12.1 Å². The molecule has 0 aromatic heterocycles. The predicted molar refractivity (Wildman–Crippen MR) is 69.7 cm³/mol. The Morgan fingerprint density at radius 3 is 2.78 bits per heavy atom. The maximum atomic E-state index is 13.8. The van der Waals surface area contributed by atoms with Crippen molar-refractivity contribution in [3.63, 3.8) is 0 Å². The van der Waals surface area contributed by atoms with Crippen LogP contribution >= 0.6 is 0 Å². The quantitative estimate of drug-likeness (QED) is 0.790. The van der Waals surface area contributed by atoms with Gasteiger partial charge < -0.3 is 10.0 Å². The first-order valence-corrected chi connectivity index (χ1v) is 5.91. The van der Waals surface area contributed by atoms with Gasteiger partial charge in [-0.1, -0.05) is 19.1 Å². The van der Waals surface area contributed by atoms with E-state index in [-0.39, 0.29) is 5.82 Å². The first-order chi connectivity index (χ1) is 8.52. The molecular weight excluding hydrogens is 233 g/mol. The molecule has 1 aromatic carbocycles. The Kier molecular flexibility index (Phi) is 5.52. The van der Waals surface area contributed by atoms with Gasteiger partial charge in [0.2, 0.25) is 0 Å². The van der Waals surface area contributed by atoms with Gasteiger partial charge in [-0.25, -0.2) is 9.18 Å². The van der Waals surface area contributed by atoms with Crippen LogP contribution in [0.1, 0.15) is 24.5 Å². The van der Waals surface area contributed by atoms with Crippen molar-refractivity contribution in [1.29, 1.82) is 0 Å². The molecular formula is C14H18FNO2. The fourth-order valence-corrected chi connectivity index (χ4v) is 1.71. The summed E-state index contributed by atoms with van der Waals surface area (Å²) < 4.78 is 13.8. The number of hydrogen-bond acceptors (Lipinski definition) is 2. The summed E-state index contributed by atoms with van der Waals surface area (Å²) in [6, 6.07) is 4.77. The van der Waals surface area contributed by atoms with Gasteiger partial charge >= 0.3 is 5.97 Å². The molecule has 0 aliphatic carbocycles. The average molecular weight is 251 g/mol. The minimum atomic E-state index is -1.04. The van der Waals surface area contributed by atoms with Crippen LogP contribution in [0.5, 0.6) is 0 Å². The highest BCUT2D eigenvalue weighted by Crippen LogP contribution is 2.13. The average Bonchev–Trinajstić information content (AvgIpc) is 2.30. The summed E-state index contributed by atoms with van der Waals surface area (Å²) in [7, 11) is 1.95. The highest BCUT2D eigenvalue weighted by atomic mass is 19.1. The normalized spacial score (nSPS) is 11.3. The molecule has 1 N–H and O–H groups in total. The first kappa shape index (κ1) is 14.4. The van der Waals surface area contributed by atoms with E-state index in [1.807, 2.05) is 11.9 Å². The number of benzene rings is 1. The predicted octanol–water partition coefficient (Wildman–Crippen LogP) is 2.77. The molecule has 0 fully saturated rings. The molecule has 0 heterocycles. The first-order valence-electron chi connectivity index (χ1n) is 5.91. The zero-order chi connectivity index (χ0) is 13.5. The molecule has 0 saturated carbocycles. The second-order valence-electron chi connectivity index (χ2n) is 4.26. The number of carboxylic acid groups (broad SMARTS) is 1. The van der Waals surface area contributed by atoms with E-state index in [0.717, 1.165) is 19.0 Å². The van der Waals surface area contributed by atoms with Crippen molar-refractivity contribution >= 4 is 12.0 Å². The van der Waals surface area contributed by atoms with Crippen molar-refractivity contribution in [2.45, 2.75) is 19.9 Å². The van der Waals surface area contributed by atoms with Gasteiger partial charge in [0.25, 0.3) is 0 Å². The zero-order valence-electron chi connectivity index (χ0n) is 10.7. The lowest BCUT2D eigenvalue weighted by atomic mass is 10.1. The second-order valence-corrected chi connectivity index (χ2v) is 4.26. The molecule has 0 unspecified atom stereocenters. The molecule has 0 saturated heterocycles. The highest BCUT2D eigenvalue weighted by molar-refractivity contribution is 5.85. The minimum Gasteiger partial charge on any atom is -0.478 e. The number of hydrogen-bond donors (Lipinski definition) is 1. The minimum absolute atomic E-state index is 0.300. The van der Waals surface area contributed by atoms with Crippen LogP contribution in [0, 0.1) is 5.82 Å². The Bertz CT molecular complexity index is 443. The molecule has 0 spiro atoms. The summed E-state index contributed by atoms with van der Waals surface area (Å²) in [6.07, 6.45) is 3.40. The standard InChI is InChI=1S/C14H18FNO2/c1-3-8-16(2)10-12-6-4-11(9-13(12)15)5-7-14(17)18/h4-7,9H,3,8,10H2,1-2H3,(H,17,18)/b7-5+. The summed E-state index contributed by atoms with van der Waals surface area (Å²) >= 11 is 0. The molecule has 0 atom stereocenters. The molecule has 0 aliphatic heterocycles. The van der Waals surface area contributed by atoms with E-state index in [2.05, 4.69) is 6.92 Å². The van der Waals surface area contributed by atoms with E-state index in [4.69, 9.17) is 5.11 Å². The van der Waals surface area contributed by atoms with E-state index in [0.29, 0.717) is 17.7 Å². The lowest BCUT2D eigenvalue weighted by molar-refractivity contribution is -0.131. The van der Waals surface area contributed by atoms with Gasteiger partial charge in [-0.15, -0.1) is 0 Å². The smallest absolute Gasteiger partial charge is 0.328 e. The van der Waals surface area contributed by atoms with Crippen LogP contribution < -0.4 is 0 Å². The van der Waals surface area contributed by atoms with E-state index < -0.39 is 5.97 Å². The third kappa shape index (κ3) is 4.67. The summed E-state index contributed by atoms with van der Waals surface area (Å²) in [5.74, 6) is -1.34. The molecule has 3 nitrogen and oxygen atoms in total. The van der Waals surface area contributed by atoms with Gasteiger partial charge in [-0.05, 0) is 37.7 Å². The molecule has 18 heavy (non-hydrogen) atoms. The van der Waals surface area contributed by atoms with Gasteiger partial charge in [0.15, 0.2) is 0 Å². The molecule has 0 amide bonds. The van der Waals surface area contributed by atoms with Crippen molar-refractivity contribution < 1.29 is 14.3 Å². The monoisotopic (exact) mass is 251 g/mol. The maximum absolute atomic E-state index is 13.8. The van der Waals surface area contributed by atoms with Gasteiger partial charge in [0.1, 0.15) is 5.82 Å². The van der Waals surface area contributed by atoms with Crippen LogP contribution in [-0.2, 0) is 11.3 Å². The van der Waals surface area contributed by atoms with E-state index in [9.17, 15) is 9.18 Å². The van der Waals surface area contributed by atoms with Crippen molar-refractivity contribution in [3.8, 4) is 0 Å². The number of carbonyl (C=O) groups is 1. The second kappa shape index (κ2) is 6.91. The molecule has 1 rings (SSSR count). The fourth-order valence-electron chi connectivity index (χ4n) is 1.71. The Morgan fingerprint density at radius 1 is 1.50 bits per heavy atom. The third-order valence-electron chi connectivity index (χ3n) is 2.54. The van der Waals surface area contributed by atoms with E-state index in [1.54, 1.807) is 12.1 Å². The number of rotatable bonds is 6. The van der Waals surface area contributed by atoms with Crippen molar-refractivity contribution in [2.24, 2.45) is 0 Å². The lowest BCUT2D eigenvalue weighted by Gasteiger charge is -2.16. The van der Waals surface area contributed by atoms with Gasteiger partial charge in [0, 0.05) is 18.2 Å². The molecule has 0 radical (unpaired) electrons. The molecule has 0 aliphatic rings. The van der Waals surface area contributed by atoms with Gasteiger partial charge in [-0.2, -0.15) is 0 Å². The Labute approximate surface area is 107 Å². The van der Waals surface area contributed by atoms with Crippen LogP contribution in [0.4, 0.5) is 4.39 Å². The number of nitrogens with zero attached hydrogens (tertiary/aromatic N) is 1. The molecule has 0 bridgehead atoms. The Hall–Kier alpha value is -1.68.